The number of nitrogens with zero attached hydrogens (tertiary/aromatic N) is 1. The first-order chi connectivity index (χ1) is 9.92. The first-order valence-electron chi connectivity index (χ1n) is 7.30. The molecule has 21 heavy (non-hydrogen) atoms. The Balaban J connectivity index is 2.03. The predicted octanol–water partition coefficient (Wildman–Crippen LogP) is 4.70. The van der Waals surface area contributed by atoms with Crippen molar-refractivity contribution >= 4 is 27.3 Å². The van der Waals surface area contributed by atoms with Crippen molar-refractivity contribution < 1.29 is 0 Å². The summed E-state index contributed by atoms with van der Waals surface area (Å²) in [7, 11) is 0. The topological polar surface area (TPSA) is 24.9 Å². The SMILES string of the molecule is CC(C)(C)NCC(Cc1cccc(Br)c1)Cc1nccs1. The highest BCUT2D eigenvalue weighted by molar-refractivity contribution is 9.10. The predicted molar refractivity (Wildman–Crippen MR) is 94.9 cm³/mol. The average molecular weight is 367 g/mol. The van der Waals surface area contributed by atoms with Crippen molar-refractivity contribution in [3.63, 3.8) is 0 Å². The van der Waals surface area contributed by atoms with Crippen molar-refractivity contribution in [3.05, 3.63) is 50.9 Å². The van der Waals surface area contributed by atoms with Crippen LogP contribution in [0.2, 0.25) is 0 Å². The van der Waals surface area contributed by atoms with Crippen molar-refractivity contribution in [1.82, 2.24) is 10.3 Å². The molecule has 114 valence electrons. The molecule has 2 nitrogen and oxygen atoms in total. The van der Waals surface area contributed by atoms with E-state index in [4.69, 9.17) is 0 Å². The normalized spacial score (nSPS) is 13.3. The van der Waals surface area contributed by atoms with Crippen LogP contribution in [-0.4, -0.2) is 17.1 Å². The molecule has 0 aliphatic carbocycles. The number of rotatable bonds is 6. The van der Waals surface area contributed by atoms with E-state index in [1.165, 1.54) is 10.6 Å². The molecule has 0 aliphatic heterocycles. The van der Waals surface area contributed by atoms with Crippen molar-refractivity contribution in [2.24, 2.45) is 5.92 Å². The van der Waals surface area contributed by atoms with Crippen LogP contribution in [0.15, 0.2) is 40.3 Å². The molecule has 0 saturated carbocycles. The number of benzene rings is 1. The Morgan fingerprint density at radius 2 is 2.10 bits per heavy atom. The quantitative estimate of drug-likeness (QED) is 0.801. The van der Waals surface area contributed by atoms with E-state index in [-0.39, 0.29) is 5.54 Å². The minimum atomic E-state index is 0.151. The molecule has 1 unspecified atom stereocenters. The second-order valence-corrected chi connectivity index (χ2v) is 8.36. The first kappa shape index (κ1) is 16.7. The van der Waals surface area contributed by atoms with Crippen LogP contribution < -0.4 is 5.32 Å². The number of aromatic nitrogens is 1. The molecule has 0 amide bonds. The largest absolute Gasteiger partial charge is 0.312 e. The van der Waals surface area contributed by atoms with Crippen molar-refractivity contribution in [3.8, 4) is 0 Å². The Bertz CT molecular complexity index is 546. The lowest BCUT2D eigenvalue weighted by atomic mass is 9.95. The summed E-state index contributed by atoms with van der Waals surface area (Å²) in [6, 6.07) is 8.60. The van der Waals surface area contributed by atoms with Gasteiger partial charge in [0.2, 0.25) is 0 Å². The van der Waals surface area contributed by atoms with E-state index in [2.05, 4.69) is 76.6 Å². The van der Waals surface area contributed by atoms with Gasteiger partial charge in [0, 0.05) is 28.0 Å². The number of thiazole rings is 1. The van der Waals surface area contributed by atoms with E-state index in [1.807, 2.05) is 6.20 Å². The first-order valence-corrected chi connectivity index (χ1v) is 8.97. The van der Waals surface area contributed by atoms with Crippen LogP contribution in [0.5, 0.6) is 0 Å². The zero-order valence-electron chi connectivity index (χ0n) is 12.9. The van der Waals surface area contributed by atoms with Gasteiger partial charge in [-0.05, 0) is 57.4 Å². The summed E-state index contributed by atoms with van der Waals surface area (Å²) >= 11 is 5.31. The van der Waals surface area contributed by atoms with E-state index in [9.17, 15) is 0 Å². The van der Waals surface area contributed by atoms with Gasteiger partial charge in [-0.3, -0.25) is 0 Å². The molecule has 1 aromatic carbocycles. The standard InChI is InChI=1S/C17H23BrN2S/c1-17(2,3)20-12-14(11-16-19-7-8-21-16)9-13-5-4-6-15(18)10-13/h4-8,10,14,20H,9,11-12H2,1-3H3. The summed E-state index contributed by atoms with van der Waals surface area (Å²) in [5, 5.41) is 6.92. The van der Waals surface area contributed by atoms with Crippen LogP contribution >= 0.6 is 27.3 Å². The van der Waals surface area contributed by atoms with Gasteiger partial charge in [0.05, 0.1) is 5.01 Å². The molecule has 2 rings (SSSR count). The number of nitrogens with one attached hydrogen (secondary N) is 1. The Hall–Kier alpha value is -0.710. The van der Waals surface area contributed by atoms with Crippen LogP contribution in [0.1, 0.15) is 31.3 Å². The Labute approximate surface area is 140 Å². The van der Waals surface area contributed by atoms with Crippen LogP contribution in [-0.2, 0) is 12.8 Å². The highest BCUT2D eigenvalue weighted by atomic mass is 79.9. The summed E-state index contributed by atoms with van der Waals surface area (Å²) in [6.45, 7) is 7.65. The summed E-state index contributed by atoms with van der Waals surface area (Å²) in [5.74, 6) is 0.560. The van der Waals surface area contributed by atoms with Gasteiger partial charge in [0.25, 0.3) is 0 Å². The Kier molecular flexibility index (Phi) is 5.97. The van der Waals surface area contributed by atoms with Gasteiger partial charge in [-0.15, -0.1) is 11.3 Å². The molecule has 0 radical (unpaired) electrons. The molecular weight excluding hydrogens is 344 g/mol. The van der Waals surface area contributed by atoms with E-state index in [0.29, 0.717) is 5.92 Å². The third-order valence-corrected chi connectivity index (χ3v) is 4.58. The molecule has 1 N–H and O–H groups in total. The highest BCUT2D eigenvalue weighted by Gasteiger charge is 2.16. The zero-order valence-corrected chi connectivity index (χ0v) is 15.3. The maximum Gasteiger partial charge on any atom is 0.0928 e. The lowest BCUT2D eigenvalue weighted by Crippen LogP contribution is -2.40. The van der Waals surface area contributed by atoms with Crippen molar-refractivity contribution in [1.29, 1.82) is 0 Å². The second kappa shape index (κ2) is 7.52. The Morgan fingerprint density at radius 1 is 1.29 bits per heavy atom. The summed E-state index contributed by atoms with van der Waals surface area (Å²) in [5.41, 5.74) is 1.53. The van der Waals surface area contributed by atoms with Crippen molar-refractivity contribution in [2.75, 3.05) is 6.54 Å². The minimum absolute atomic E-state index is 0.151. The smallest absolute Gasteiger partial charge is 0.0928 e. The highest BCUT2D eigenvalue weighted by Crippen LogP contribution is 2.19. The zero-order chi connectivity index (χ0) is 15.3. The lowest BCUT2D eigenvalue weighted by Gasteiger charge is -2.25. The summed E-state index contributed by atoms with van der Waals surface area (Å²) in [6.07, 6.45) is 4.00. The van der Waals surface area contributed by atoms with Gasteiger partial charge in [0.1, 0.15) is 0 Å². The van der Waals surface area contributed by atoms with E-state index in [1.54, 1.807) is 11.3 Å². The maximum atomic E-state index is 4.44. The average Bonchev–Trinajstić information content (AvgIpc) is 2.88. The molecule has 1 atom stereocenters. The van der Waals surface area contributed by atoms with Gasteiger partial charge in [-0.2, -0.15) is 0 Å². The molecule has 1 heterocycles. The fraction of sp³-hybridized carbons (Fsp3) is 0.471. The van der Waals surface area contributed by atoms with Crippen LogP contribution in [0.25, 0.3) is 0 Å². The lowest BCUT2D eigenvalue weighted by molar-refractivity contribution is 0.367. The van der Waals surface area contributed by atoms with Crippen molar-refractivity contribution in [2.45, 2.75) is 39.2 Å². The van der Waals surface area contributed by atoms with Crippen LogP contribution in [0.4, 0.5) is 0 Å². The fourth-order valence-electron chi connectivity index (χ4n) is 2.27. The summed E-state index contributed by atoms with van der Waals surface area (Å²) < 4.78 is 1.15. The Morgan fingerprint density at radius 3 is 2.71 bits per heavy atom. The van der Waals surface area contributed by atoms with E-state index < -0.39 is 0 Å². The molecule has 1 aromatic heterocycles. The molecule has 0 aliphatic rings. The van der Waals surface area contributed by atoms with Gasteiger partial charge in [0.15, 0.2) is 0 Å². The number of halogens is 1. The fourth-order valence-corrected chi connectivity index (χ4v) is 3.44. The third kappa shape index (κ3) is 6.29. The van der Waals surface area contributed by atoms with Crippen LogP contribution in [0.3, 0.4) is 0 Å². The molecular formula is C17H23BrN2S. The number of hydrogen-bond acceptors (Lipinski definition) is 3. The minimum Gasteiger partial charge on any atom is -0.312 e. The van der Waals surface area contributed by atoms with Crippen LogP contribution in [0, 0.1) is 5.92 Å². The van der Waals surface area contributed by atoms with Gasteiger partial charge in [-0.1, -0.05) is 28.1 Å². The molecule has 0 bridgehead atoms. The molecule has 0 saturated heterocycles. The van der Waals surface area contributed by atoms with Gasteiger partial charge < -0.3 is 5.32 Å². The molecule has 2 aromatic rings. The third-order valence-electron chi connectivity index (χ3n) is 3.28. The molecule has 0 fully saturated rings. The van der Waals surface area contributed by atoms with Gasteiger partial charge in [-0.25, -0.2) is 4.98 Å². The molecule has 0 spiro atoms. The maximum absolute atomic E-state index is 4.44. The number of hydrogen-bond donors (Lipinski definition) is 1. The monoisotopic (exact) mass is 366 g/mol. The van der Waals surface area contributed by atoms with Gasteiger partial charge >= 0.3 is 0 Å². The van der Waals surface area contributed by atoms with E-state index in [0.717, 1.165) is 23.9 Å². The molecule has 4 heteroatoms. The second-order valence-electron chi connectivity index (χ2n) is 6.46. The summed E-state index contributed by atoms with van der Waals surface area (Å²) in [4.78, 5) is 4.44. The van der Waals surface area contributed by atoms with E-state index >= 15 is 0 Å².